The second kappa shape index (κ2) is 3.32. The van der Waals surface area contributed by atoms with E-state index in [0.29, 0.717) is 0 Å². The van der Waals surface area contributed by atoms with Crippen molar-refractivity contribution < 1.29 is 0 Å². The highest BCUT2D eigenvalue weighted by Gasteiger charge is 2.15. The fourth-order valence-electron chi connectivity index (χ4n) is 0.939. The summed E-state index contributed by atoms with van der Waals surface area (Å²) >= 11 is 0. The lowest BCUT2D eigenvalue weighted by Crippen LogP contribution is -2.16. The average Bonchev–Trinajstić information content (AvgIpc) is 2.03. The van der Waals surface area contributed by atoms with Gasteiger partial charge >= 0.3 is 0 Å². The predicted octanol–water partition coefficient (Wildman–Crippen LogP) is 1.84. The molecule has 0 fully saturated rings. The van der Waals surface area contributed by atoms with Crippen LogP contribution in [0.5, 0.6) is 0 Å². The Hall–Kier alpha value is -1.12. The van der Waals surface area contributed by atoms with E-state index in [4.69, 9.17) is 0 Å². The number of hydrogen-bond acceptors (Lipinski definition) is 3. The fourth-order valence-corrected chi connectivity index (χ4v) is 0.939. The van der Waals surface area contributed by atoms with E-state index in [-0.39, 0.29) is 5.41 Å². The van der Waals surface area contributed by atoms with Gasteiger partial charge in [-0.15, -0.1) is 0 Å². The average molecular weight is 179 g/mol. The Bertz CT molecular complexity index is 269. The SMILES string of the molecule is CN(C)c1cnc(C(C)(C)C)cn1. The smallest absolute Gasteiger partial charge is 0.146 e. The first kappa shape index (κ1) is 9.96. The van der Waals surface area contributed by atoms with E-state index in [0.717, 1.165) is 11.5 Å². The number of anilines is 1. The first-order chi connectivity index (χ1) is 5.91. The first-order valence-corrected chi connectivity index (χ1v) is 4.41. The lowest BCUT2D eigenvalue weighted by molar-refractivity contribution is 0.565. The van der Waals surface area contributed by atoms with Gasteiger partial charge in [0.05, 0.1) is 18.1 Å². The molecule has 0 bridgehead atoms. The quantitative estimate of drug-likeness (QED) is 0.658. The van der Waals surface area contributed by atoms with Crippen molar-refractivity contribution in [2.45, 2.75) is 26.2 Å². The van der Waals surface area contributed by atoms with Gasteiger partial charge in [-0.1, -0.05) is 20.8 Å². The summed E-state index contributed by atoms with van der Waals surface area (Å²) < 4.78 is 0. The molecule has 0 amide bonds. The summed E-state index contributed by atoms with van der Waals surface area (Å²) in [7, 11) is 3.92. The van der Waals surface area contributed by atoms with Gasteiger partial charge in [0.15, 0.2) is 0 Å². The standard InChI is InChI=1S/C10H17N3/c1-10(2,3)8-6-12-9(7-11-8)13(4)5/h6-7H,1-5H3. The van der Waals surface area contributed by atoms with Gasteiger partial charge in [0.1, 0.15) is 5.82 Å². The number of nitrogens with zero attached hydrogens (tertiary/aromatic N) is 3. The van der Waals surface area contributed by atoms with Crippen molar-refractivity contribution in [3.8, 4) is 0 Å². The first-order valence-electron chi connectivity index (χ1n) is 4.41. The molecular formula is C10H17N3. The van der Waals surface area contributed by atoms with E-state index >= 15 is 0 Å². The van der Waals surface area contributed by atoms with Gasteiger partial charge in [0.2, 0.25) is 0 Å². The zero-order valence-corrected chi connectivity index (χ0v) is 9.00. The predicted molar refractivity (Wildman–Crippen MR) is 55.1 cm³/mol. The molecule has 1 rings (SSSR count). The van der Waals surface area contributed by atoms with Crippen LogP contribution in [-0.2, 0) is 5.41 Å². The van der Waals surface area contributed by atoms with Crippen LogP contribution in [0.25, 0.3) is 0 Å². The Kier molecular flexibility index (Phi) is 2.55. The van der Waals surface area contributed by atoms with E-state index in [1.807, 2.05) is 25.2 Å². The largest absolute Gasteiger partial charge is 0.361 e. The highest BCUT2D eigenvalue weighted by Crippen LogP contribution is 2.19. The molecule has 0 saturated carbocycles. The molecule has 0 spiro atoms. The van der Waals surface area contributed by atoms with Gasteiger partial charge in [-0.25, -0.2) is 4.98 Å². The molecule has 0 atom stereocenters. The molecule has 0 unspecified atom stereocenters. The maximum atomic E-state index is 4.37. The molecule has 1 aromatic heterocycles. The lowest BCUT2D eigenvalue weighted by Gasteiger charge is -2.18. The number of hydrogen-bond donors (Lipinski definition) is 0. The Morgan fingerprint density at radius 2 is 1.69 bits per heavy atom. The van der Waals surface area contributed by atoms with Crippen LogP contribution in [0.1, 0.15) is 26.5 Å². The Morgan fingerprint density at radius 1 is 1.08 bits per heavy atom. The van der Waals surface area contributed by atoms with Crippen LogP contribution in [0.3, 0.4) is 0 Å². The van der Waals surface area contributed by atoms with Gasteiger partial charge in [0.25, 0.3) is 0 Å². The summed E-state index contributed by atoms with van der Waals surface area (Å²) in [6.45, 7) is 6.39. The Balaban J connectivity index is 2.94. The number of rotatable bonds is 1. The van der Waals surface area contributed by atoms with Gasteiger partial charge in [-0.3, -0.25) is 4.98 Å². The van der Waals surface area contributed by atoms with Crippen molar-refractivity contribution >= 4 is 5.82 Å². The molecule has 0 aliphatic rings. The van der Waals surface area contributed by atoms with Crippen LogP contribution in [0.2, 0.25) is 0 Å². The van der Waals surface area contributed by atoms with Gasteiger partial charge in [-0.05, 0) is 0 Å². The molecule has 0 aromatic carbocycles. The van der Waals surface area contributed by atoms with Crippen LogP contribution >= 0.6 is 0 Å². The molecule has 72 valence electrons. The van der Waals surface area contributed by atoms with Crippen molar-refractivity contribution in [3.05, 3.63) is 18.1 Å². The summed E-state index contributed by atoms with van der Waals surface area (Å²) in [6.07, 6.45) is 3.65. The summed E-state index contributed by atoms with van der Waals surface area (Å²) in [6, 6.07) is 0. The molecule has 0 saturated heterocycles. The molecule has 1 aromatic rings. The highest BCUT2D eigenvalue weighted by atomic mass is 15.1. The maximum Gasteiger partial charge on any atom is 0.146 e. The van der Waals surface area contributed by atoms with Crippen LogP contribution in [0.4, 0.5) is 5.82 Å². The van der Waals surface area contributed by atoms with Crippen molar-refractivity contribution in [3.63, 3.8) is 0 Å². The molecule has 13 heavy (non-hydrogen) atoms. The summed E-state index contributed by atoms with van der Waals surface area (Å²) in [5.74, 6) is 0.896. The summed E-state index contributed by atoms with van der Waals surface area (Å²) in [4.78, 5) is 10.6. The number of aromatic nitrogens is 2. The molecule has 0 aliphatic heterocycles. The van der Waals surface area contributed by atoms with Crippen LogP contribution < -0.4 is 4.90 Å². The van der Waals surface area contributed by atoms with E-state index in [1.165, 1.54) is 0 Å². The summed E-state index contributed by atoms with van der Waals surface area (Å²) in [5, 5.41) is 0. The molecule has 0 N–H and O–H groups in total. The van der Waals surface area contributed by atoms with Crippen molar-refractivity contribution in [1.82, 2.24) is 9.97 Å². The van der Waals surface area contributed by atoms with Gasteiger partial charge < -0.3 is 4.90 Å². The Labute approximate surface area is 79.8 Å². The minimum atomic E-state index is 0.0812. The van der Waals surface area contributed by atoms with Crippen molar-refractivity contribution in [2.75, 3.05) is 19.0 Å². The molecule has 3 nitrogen and oxygen atoms in total. The van der Waals surface area contributed by atoms with E-state index in [9.17, 15) is 0 Å². The lowest BCUT2D eigenvalue weighted by atomic mass is 9.93. The van der Waals surface area contributed by atoms with Gasteiger partial charge in [0, 0.05) is 19.5 Å². The molecule has 0 radical (unpaired) electrons. The topological polar surface area (TPSA) is 29.0 Å². The minimum absolute atomic E-state index is 0.0812. The van der Waals surface area contributed by atoms with Crippen LogP contribution in [0, 0.1) is 0 Å². The monoisotopic (exact) mass is 179 g/mol. The third kappa shape index (κ3) is 2.41. The molecule has 0 aliphatic carbocycles. The molecule has 3 heteroatoms. The second-order valence-electron chi connectivity index (χ2n) is 4.40. The summed E-state index contributed by atoms with van der Waals surface area (Å²) in [5.41, 5.74) is 1.11. The second-order valence-corrected chi connectivity index (χ2v) is 4.40. The van der Waals surface area contributed by atoms with Crippen molar-refractivity contribution in [2.24, 2.45) is 0 Å². The normalized spacial score (nSPS) is 11.5. The Morgan fingerprint density at radius 3 is 2.00 bits per heavy atom. The van der Waals surface area contributed by atoms with E-state index in [1.54, 1.807) is 6.20 Å². The highest BCUT2D eigenvalue weighted by molar-refractivity contribution is 5.33. The minimum Gasteiger partial charge on any atom is -0.361 e. The maximum absolute atomic E-state index is 4.37. The van der Waals surface area contributed by atoms with E-state index < -0.39 is 0 Å². The molecular weight excluding hydrogens is 162 g/mol. The third-order valence-corrected chi connectivity index (χ3v) is 1.86. The van der Waals surface area contributed by atoms with Crippen LogP contribution in [-0.4, -0.2) is 24.1 Å². The zero-order chi connectivity index (χ0) is 10.1. The third-order valence-electron chi connectivity index (χ3n) is 1.86. The molecule has 1 heterocycles. The van der Waals surface area contributed by atoms with E-state index in [2.05, 4.69) is 30.7 Å². The van der Waals surface area contributed by atoms with Gasteiger partial charge in [-0.2, -0.15) is 0 Å². The zero-order valence-electron chi connectivity index (χ0n) is 9.00. The van der Waals surface area contributed by atoms with Crippen LogP contribution in [0.15, 0.2) is 12.4 Å². The van der Waals surface area contributed by atoms with Crippen molar-refractivity contribution in [1.29, 1.82) is 0 Å². The fraction of sp³-hybridized carbons (Fsp3) is 0.600.